The van der Waals surface area contributed by atoms with E-state index < -0.39 is 30.4 Å². The summed E-state index contributed by atoms with van der Waals surface area (Å²) in [5, 5.41) is 38.4. The van der Waals surface area contributed by atoms with Gasteiger partial charge in [0.05, 0.1) is 24.3 Å². The lowest BCUT2D eigenvalue weighted by Gasteiger charge is -2.40. The Kier molecular flexibility index (Phi) is 5.29. The van der Waals surface area contributed by atoms with Crippen LogP contribution in [0.15, 0.2) is 30.0 Å². The van der Waals surface area contributed by atoms with Gasteiger partial charge in [-0.05, 0) is 37.0 Å². The molecule has 0 saturated heterocycles. The van der Waals surface area contributed by atoms with E-state index in [-0.39, 0.29) is 12.3 Å². The molecule has 0 fully saturated rings. The zero-order valence-corrected chi connectivity index (χ0v) is 13.8. The van der Waals surface area contributed by atoms with E-state index in [1.807, 2.05) is 0 Å². The molecule has 1 aromatic carbocycles. The van der Waals surface area contributed by atoms with Crippen LogP contribution in [0.2, 0.25) is 0 Å². The average molecular weight is 336 g/mol. The van der Waals surface area contributed by atoms with Gasteiger partial charge in [0.2, 0.25) is 0 Å². The minimum atomic E-state index is -1.16. The van der Waals surface area contributed by atoms with Crippen molar-refractivity contribution in [2.24, 2.45) is 5.73 Å². The maximum absolute atomic E-state index is 11.8. The summed E-state index contributed by atoms with van der Waals surface area (Å²) in [5.74, 6) is -1.16. The van der Waals surface area contributed by atoms with Gasteiger partial charge >= 0.3 is 5.97 Å². The van der Waals surface area contributed by atoms with E-state index in [0.29, 0.717) is 17.6 Å². The standard InChI is InChI=1S/C17H24N2O5/c1-10(22)17(2,18)14-7-13(15(16(23)24)19(14)9-21)12-5-3-11(8-20)4-6-12/h3-6,10,14,20-22H,7-9,18H2,1-2H3,(H,23,24). The second-order valence-corrected chi connectivity index (χ2v) is 6.36. The van der Waals surface area contributed by atoms with Gasteiger partial charge in [-0.25, -0.2) is 4.79 Å². The zero-order valence-electron chi connectivity index (χ0n) is 13.8. The van der Waals surface area contributed by atoms with Crippen molar-refractivity contribution in [3.05, 3.63) is 41.1 Å². The Morgan fingerprint density at radius 2 is 1.96 bits per heavy atom. The maximum atomic E-state index is 11.8. The smallest absolute Gasteiger partial charge is 0.352 e. The fraction of sp³-hybridized carbons (Fsp3) is 0.471. The average Bonchev–Trinajstić information content (AvgIpc) is 2.95. The molecule has 1 heterocycles. The highest BCUT2D eigenvalue weighted by Crippen LogP contribution is 2.39. The van der Waals surface area contributed by atoms with Gasteiger partial charge in [0.25, 0.3) is 0 Å². The number of hydrogen-bond donors (Lipinski definition) is 5. The van der Waals surface area contributed by atoms with Crippen molar-refractivity contribution in [3.8, 4) is 0 Å². The molecule has 0 saturated carbocycles. The van der Waals surface area contributed by atoms with Crippen LogP contribution in [0.25, 0.3) is 5.57 Å². The monoisotopic (exact) mass is 336 g/mol. The van der Waals surface area contributed by atoms with Crippen LogP contribution in [0.4, 0.5) is 0 Å². The van der Waals surface area contributed by atoms with Crippen LogP contribution in [0.5, 0.6) is 0 Å². The number of carboxylic acids is 1. The lowest BCUT2D eigenvalue weighted by molar-refractivity contribution is -0.135. The van der Waals surface area contributed by atoms with Crippen molar-refractivity contribution in [3.63, 3.8) is 0 Å². The van der Waals surface area contributed by atoms with Crippen LogP contribution in [0.1, 0.15) is 31.4 Å². The number of hydrogen-bond acceptors (Lipinski definition) is 6. The molecule has 0 bridgehead atoms. The lowest BCUT2D eigenvalue weighted by Crippen LogP contribution is -2.61. The van der Waals surface area contributed by atoms with Gasteiger partial charge in [-0.15, -0.1) is 0 Å². The molecular formula is C17H24N2O5. The number of nitrogens with zero attached hydrogens (tertiary/aromatic N) is 1. The quantitative estimate of drug-likeness (QED) is 0.498. The number of aliphatic hydroxyl groups is 3. The third kappa shape index (κ3) is 3.16. The fourth-order valence-corrected chi connectivity index (χ4v) is 3.05. The first-order valence-corrected chi connectivity index (χ1v) is 7.75. The van der Waals surface area contributed by atoms with E-state index in [0.717, 1.165) is 5.56 Å². The second-order valence-electron chi connectivity index (χ2n) is 6.36. The van der Waals surface area contributed by atoms with Crippen LogP contribution in [-0.2, 0) is 11.4 Å². The zero-order chi connectivity index (χ0) is 18.1. The molecular weight excluding hydrogens is 312 g/mol. The molecule has 0 aliphatic carbocycles. The minimum Gasteiger partial charge on any atom is -0.477 e. The Morgan fingerprint density at radius 3 is 2.38 bits per heavy atom. The van der Waals surface area contributed by atoms with Crippen LogP contribution >= 0.6 is 0 Å². The minimum absolute atomic E-state index is 0.0171. The summed E-state index contributed by atoms with van der Waals surface area (Å²) in [6.07, 6.45) is -0.596. The highest BCUT2D eigenvalue weighted by Gasteiger charge is 2.46. The van der Waals surface area contributed by atoms with Gasteiger partial charge in [-0.1, -0.05) is 24.3 Å². The molecule has 1 aromatic rings. The molecule has 6 N–H and O–H groups in total. The lowest BCUT2D eigenvalue weighted by atomic mass is 9.84. The van der Waals surface area contributed by atoms with Gasteiger partial charge in [0.15, 0.2) is 0 Å². The van der Waals surface area contributed by atoms with E-state index in [9.17, 15) is 20.1 Å². The molecule has 7 heteroatoms. The predicted molar refractivity (Wildman–Crippen MR) is 88.5 cm³/mol. The fourth-order valence-electron chi connectivity index (χ4n) is 3.05. The van der Waals surface area contributed by atoms with E-state index in [1.165, 1.54) is 4.90 Å². The summed E-state index contributed by atoms with van der Waals surface area (Å²) in [7, 11) is 0. The third-order valence-corrected chi connectivity index (χ3v) is 4.80. The van der Waals surface area contributed by atoms with Crippen LogP contribution in [-0.4, -0.2) is 55.7 Å². The summed E-state index contributed by atoms with van der Waals surface area (Å²) in [6.45, 7) is 2.58. The molecule has 0 aromatic heterocycles. The Bertz CT molecular complexity index is 637. The van der Waals surface area contributed by atoms with Gasteiger partial charge in [-0.3, -0.25) is 0 Å². The van der Waals surface area contributed by atoms with E-state index in [4.69, 9.17) is 10.8 Å². The van der Waals surface area contributed by atoms with E-state index in [1.54, 1.807) is 38.1 Å². The van der Waals surface area contributed by atoms with E-state index >= 15 is 0 Å². The molecule has 0 radical (unpaired) electrons. The number of rotatable bonds is 6. The highest BCUT2D eigenvalue weighted by molar-refractivity contribution is 5.97. The van der Waals surface area contributed by atoms with Crippen molar-refractivity contribution in [1.82, 2.24) is 4.90 Å². The first-order valence-electron chi connectivity index (χ1n) is 7.75. The number of carbonyl (C=O) groups is 1. The molecule has 0 amide bonds. The summed E-state index contributed by atoms with van der Waals surface area (Å²) in [5.41, 5.74) is 7.06. The van der Waals surface area contributed by atoms with Crippen molar-refractivity contribution in [2.45, 2.75) is 44.6 Å². The summed E-state index contributed by atoms with van der Waals surface area (Å²) < 4.78 is 0. The summed E-state index contributed by atoms with van der Waals surface area (Å²) in [4.78, 5) is 13.1. The molecule has 132 valence electrons. The molecule has 1 aliphatic heterocycles. The number of carboxylic acid groups (broad SMARTS) is 1. The summed E-state index contributed by atoms with van der Waals surface area (Å²) in [6, 6.07) is 6.35. The summed E-state index contributed by atoms with van der Waals surface area (Å²) >= 11 is 0. The molecule has 3 atom stereocenters. The van der Waals surface area contributed by atoms with Crippen molar-refractivity contribution in [2.75, 3.05) is 6.73 Å². The third-order valence-electron chi connectivity index (χ3n) is 4.80. The predicted octanol–water partition coefficient (Wildman–Crippen LogP) is 0.0969. The van der Waals surface area contributed by atoms with Crippen LogP contribution < -0.4 is 5.73 Å². The number of benzene rings is 1. The largest absolute Gasteiger partial charge is 0.477 e. The molecule has 7 nitrogen and oxygen atoms in total. The van der Waals surface area contributed by atoms with Gasteiger partial charge < -0.3 is 31.1 Å². The van der Waals surface area contributed by atoms with Crippen molar-refractivity contribution >= 4 is 11.5 Å². The second kappa shape index (κ2) is 6.90. The molecule has 1 aliphatic rings. The first kappa shape index (κ1) is 18.4. The van der Waals surface area contributed by atoms with Gasteiger partial charge in [0.1, 0.15) is 12.4 Å². The SMILES string of the molecule is CC(O)C(C)(N)C1CC(c2ccc(CO)cc2)=C(C(=O)O)N1CO. The van der Waals surface area contributed by atoms with Gasteiger partial charge in [-0.2, -0.15) is 0 Å². The highest BCUT2D eigenvalue weighted by atomic mass is 16.4. The van der Waals surface area contributed by atoms with Crippen molar-refractivity contribution in [1.29, 1.82) is 0 Å². The number of nitrogens with two attached hydrogens (primary N) is 1. The first-order chi connectivity index (χ1) is 11.2. The topological polar surface area (TPSA) is 127 Å². The molecule has 24 heavy (non-hydrogen) atoms. The van der Waals surface area contributed by atoms with E-state index in [2.05, 4.69) is 0 Å². The molecule has 3 unspecified atom stereocenters. The van der Waals surface area contributed by atoms with Gasteiger partial charge in [0, 0.05) is 0 Å². The molecule has 0 spiro atoms. The number of aliphatic hydroxyl groups excluding tert-OH is 3. The van der Waals surface area contributed by atoms with Crippen molar-refractivity contribution < 1.29 is 25.2 Å². The Labute approximate surface area is 140 Å². The molecule has 2 rings (SSSR count). The Balaban J connectivity index is 2.50. The normalized spacial score (nSPS) is 21.8. The number of aliphatic carboxylic acids is 1. The Hall–Kier alpha value is -1.93. The Morgan fingerprint density at radius 1 is 1.38 bits per heavy atom. The van der Waals surface area contributed by atoms with Crippen LogP contribution in [0.3, 0.4) is 0 Å². The maximum Gasteiger partial charge on any atom is 0.352 e. The van der Waals surface area contributed by atoms with Crippen LogP contribution in [0, 0.1) is 0 Å².